The largest absolute Gasteiger partial charge is 0.352 e. The smallest absolute Gasteiger partial charge is 0.226 e. The number of aryl methyl sites for hydroxylation is 2. The normalized spacial score (nSPS) is 16.5. The number of thiocarbonyl (C=S) groups is 1. The van der Waals surface area contributed by atoms with Crippen molar-refractivity contribution in [1.82, 2.24) is 19.8 Å². The molecule has 1 amide bonds. The van der Waals surface area contributed by atoms with Crippen LogP contribution < -0.4 is 10.6 Å². The Morgan fingerprint density at radius 1 is 0.976 bits per heavy atom. The fourth-order valence-corrected chi connectivity index (χ4v) is 6.57. The maximum atomic E-state index is 13.3. The Balaban J connectivity index is 1.32. The Hall–Kier alpha value is -4.49. The van der Waals surface area contributed by atoms with Crippen molar-refractivity contribution in [3.05, 3.63) is 125 Å². The van der Waals surface area contributed by atoms with Crippen molar-refractivity contribution < 1.29 is 4.79 Å². The van der Waals surface area contributed by atoms with Gasteiger partial charge in [0.1, 0.15) is 0 Å². The van der Waals surface area contributed by atoms with Gasteiger partial charge in [0.2, 0.25) is 5.91 Å². The summed E-state index contributed by atoms with van der Waals surface area (Å²) in [5, 5.41) is 9.43. The lowest BCUT2D eigenvalue weighted by Crippen LogP contribution is -2.33. The predicted octanol–water partition coefficient (Wildman–Crippen LogP) is 7.21. The fourth-order valence-electron chi connectivity index (χ4n) is 6.24. The summed E-state index contributed by atoms with van der Waals surface area (Å²) in [4.78, 5) is 20.1. The zero-order valence-corrected chi connectivity index (χ0v) is 25.0. The van der Waals surface area contributed by atoms with E-state index >= 15 is 0 Å². The minimum Gasteiger partial charge on any atom is -0.352 e. The zero-order valence-electron chi connectivity index (χ0n) is 24.2. The molecule has 3 aromatic carbocycles. The average Bonchev–Trinajstić information content (AvgIpc) is 3.50. The maximum absolute atomic E-state index is 13.3. The number of pyridine rings is 1. The molecule has 0 bridgehead atoms. The highest BCUT2D eigenvalue weighted by atomic mass is 32.1. The third-order valence-electron chi connectivity index (χ3n) is 8.24. The van der Waals surface area contributed by atoms with E-state index in [0.717, 1.165) is 40.0 Å². The van der Waals surface area contributed by atoms with E-state index in [4.69, 9.17) is 17.2 Å². The minimum absolute atomic E-state index is 0.0449. The molecule has 0 spiro atoms. The molecule has 5 aromatic rings. The molecule has 1 aliphatic heterocycles. The second-order valence-corrected chi connectivity index (χ2v) is 11.2. The van der Waals surface area contributed by atoms with Crippen LogP contribution in [-0.4, -0.2) is 32.0 Å². The van der Waals surface area contributed by atoms with E-state index in [0.29, 0.717) is 18.1 Å². The van der Waals surface area contributed by atoms with E-state index in [2.05, 4.69) is 83.3 Å². The lowest BCUT2D eigenvalue weighted by atomic mass is 9.96. The first-order valence-electron chi connectivity index (χ1n) is 14.5. The molecule has 0 aliphatic carbocycles. The summed E-state index contributed by atoms with van der Waals surface area (Å²) in [6.45, 7) is 7.00. The van der Waals surface area contributed by atoms with Crippen molar-refractivity contribution >= 4 is 39.7 Å². The van der Waals surface area contributed by atoms with Gasteiger partial charge >= 0.3 is 0 Å². The molecule has 0 saturated carbocycles. The topological polar surface area (TPSA) is 62.2 Å². The number of aromatic nitrogens is 2. The number of rotatable bonds is 8. The van der Waals surface area contributed by atoms with Crippen LogP contribution in [0.1, 0.15) is 53.6 Å². The highest BCUT2D eigenvalue weighted by Crippen LogP contribution is 2.41. The molecule has 1 saturated heterocycles. The van der Waals surface area contributed by atoms with Crippen molar-refractivity contribution in [1.29, 1.82) is 0 Å². The van der Waals surface area contributed by atoms with E-state index in [1.165, 1.54) is 16.8 Å². The molecule has 2 aromatic heterocycles. The van der Waals surface area contributed by atoms with Crippen LogP contribution in [0.5, 0.6) is 0 Å². The second kappa shape index (κ2) is 11.8. The molecule has 3 heterocycles. The van der Waals surface area contributed by atoms with Crippen LogP contribution in [-0.2, 0) is 11.2 Å². The summed E-state index contributed by atoms with van der Waals surface area (Å²) in [6, 6.07) is 30.6. The first-order chi connectivity index (χ1) is 20.5. The van der Waals surface area contributed by atoms with Gasteiger partial charge in [-0.2, -0.15) is 0 Å². The SMILES string of the molecule is CCc1ccccc1-n1c(C)cc(C2C(c3ccccn3)NC(=S)N2CCC(=O)Nc2cccc3ccccc23)c1C. The lowest BCUT2D eigenvalue weighted by molar-refractivity contribution is -0.116. The Morgan fingerprint density at radius 3 is 2.55 bits per heavy atom. The van der Waals surface area contributed by atoms with E-state index in [1.54, 1.807) is 0 Å². The Kier molecular flexibility index (Phi) is 7.76. The fraction of sp³-hybridized carbons (Fsp3) is 0.229. The van der Waals surface area contributed by atoms with Crippen LogP contribution in [0.2, 0.25) is 0 Å². The van der Waals surface area contributed by atoms with E-state index in [1.807, 2.05) is 54.7 Å². The molecule has 2 atom stereocenters. The predicted molar refractivity (Wildman–Crippen MR) is 174 cm³/mol. The number of amides is 1. The molecule has 2 N–H and O–H groups in total. The van der Waals surface area contributed by atoms with Gasteiger partial charge in [0.25, 0.3) is 0 Å². The number of benzene rings is 3. The number of carbonyl (C=O) groups is 1. The summed E-state index contributed by atoms with van der Waals surface area (Å²) in [5.41, 5.74) is 7.74. The highest BCUT2D eigenvalue weighted by Gasteiger charge is 2.41. The number of hydrogen-bond acceptors (Lipinski definition) is 3. The third kappa shape index (κ3) is 5.16. The summed E-state index contributed by atoms with van der Waals surface area (Å²) in [5.74, 6) is -0.0449. The van der Waals surface area contributed by atoms with Crippen molar-refractivity contribution in [3.63, 3.8) is 0 Å². The molecule has 212 valence electrons. The van der Waals surface area contributed by atoms with Crippen molar-refractivity contribution in [2.45, 2.75) is 45.7 Å². The molecule has 1 aliphatic rings. The van der Waals surface area contributed by atoms with Crippen LogP contribution in [0.15, 0.2) is 97.2 Å². The van der Waals surface area contributed by atoms with E-state index < -0.39 is 0 Å². The van der Waals surface area contributed by atoms with Crippen LogP contribution in [0.4, 0.5) is 5.69 Å². The van der Waals surface area contributed by atoms with Crippen molar-refractivity contribution in [3.8, 4) is 5.69 Å². The standard InChI is InChI=1S/C35H35N5OS/c1-4-25-12-6-8-18-31(25)40-23(2)22-28(24(40)3)34-33(30-16-9-10-20-36-30)38-35(42)39(34)21-19-32(41)37-29-17-11-14-26-13-5-7-15-27(26)29/h5-18,20,22,33-34H,4,19,21H2,1-3H3,(H,37,41)(H,38,42). The van der Waals surface area contributed by atoms with Gasteiger partial charge in [-0.15, -0.1) is 0 Å². The monoisotopic (exact) mass is 573 g/mol. The first-order valence-corrected chi connectivity index (χ1v) is 14.9. The number of carbonyl (C=O) groups excluding carboxylic acids is 1. The van der Waals surface area contributed by atoms with Crippen LogP contribution in [0.25, 0.3) is 16.5 Å². The molecule has 6 nitrogen and oxygen atoms in total. The summed E-state index contributed by atoms with van der Waals surface area (Å²) in [7, 11) is 0. The van der Waals surface area contributed by atoms with Gasteiger partial charge in [0.05, 0.1) is 17.8 Å². The maximum Gasteiger partial charge on any atom is 0.226 e. The second-order valence-electron chi connectivity index (χ2n) is 10.8. The van der Waals surface area contributed by atoms with Gasteiger partial charge in [0, 0.05) is 47.3 Å². The van der Waals surface area contributed by atoms with Gasteiger partial charge in [0.15, 0.2) is 5.11 Å². The molecule has 2 unspecified atom stereocenters. The van der Waals surface area contributed by atoms with E-state index in [9.17, 15) is 4.79 Å². The Bertz CT molecular complexity index is 1760. The Morgan fingerprint density at radius 2 is 1.74 bits per heavy atom. The molecule has 1 fully saturated rings. The number of nitrogens with one attached hydrogen (secondary N) is 2. The van der Waals surface area contributed by atoms with Crippen LogP contribution in [0.3, 0.4) is 0 Å². The molecule has 0 radical (unpaired) electrons. The first kappa shape index (κ1) is 27.7. The van der Waals surface area contributed by atoms with Gasteiger partial charge < -0.3 is 20.1 Å². The van der Waals surface area contributed by atoms with Gasteiger partial charge in [-0.25, -0.2) is 0 Å². The Labute approximate surface area is 252 Å². The molecule has 42 heavy (non-hydrogen) atoms. The van der Waals surface area contributed by atoms with Gasteiger partial charge in [-0.1, -0.05) is 67.6 Å². The summed E-state index contributed by atoms with van der Waals surface area (Å²) in [6.07, 6.45) is 3.07. The van der Waals surface area contributed by atoms with Gasteiger partial charge in [-0.3, -0.25) is 9.78 Å². The van der Waals surface area contributed by atoms with Crippen LogP contribution >= 0.6 is 12.2 Å². The molecule has 7 heteroatoms. The number of para-hydroxylation sites is 1. The van der Waals surface area contributed by atoms with Gasteiger partial charge in [-0.05, 0) is 79.3 Å². The number of fused-ring (bicyclic) bond motifs is 1. The minimum atomic E-state index is -0.143. The summed E-state index contributed by atoms with van der Waals surface area (Å²) >= 11 is 5.90. The molecular weight excluding hydrogens is 538 g/mol. The lowest BCUT2D eigenvalue weighted by Gasteiger charge is -2.28. The molecular formula is C35H35N5OS. The number of anilines is 1. The summed E-state index contributed by atoms with van der Waals surface area (Å²) < 4.78 is 2.34. The van der Waals surface area contributed by atoms with Crippen molar-refractivity contribution in [2.24, 2.45) is 0 Å². The van der Waals surface area contributed by atoms with Crippen molar-refractivity contribution in [2.75, 3.05) is 11.9 Å². The number of nitrogens with zero attached hydrogens (tertiary/aromatic N) is 3. The zero-order chi connectivity index (χ0) is 29.2. The number of hydrogen-bond donors (Lipinski definition) is 2. The quantitative estimate of drug-likeness (QED) is 0.192. The molecule has 6 rings (SSSR count). The highest BCUT2D eigenvalue weighted by molar-refractivity contribution is 7.80. The van der Waals surface area contributed by atoms with Crippen LogP contribution in [0, 0.1) is 13.8 Å². The average molecular weight is 574 g/mol. The third-order valence-corrected chi connectivity index (χ3v) is 8.60. The van der Waals surface area contributed by atoms with E-state index in [-0.39, 0.29) is 18.0 Å².